The van der Waals surface area contributed by atoms with Crippen molar-refractivity contribution in [3.05, 3.63) is 0 Å². The molecule has 4 nitrogen and oxygen atoms in total. The lowest BCUT2D eigenvalue weighted by Gasteiger charge is -2.37. The number of nitrogens with zero attached hydrogens (tertiary/aromatic N) is 1. The SMILES string of the molecule is CC1CN(C(=O)NCC(F)(F)F)C(C)CN1. The van der Waals surface area contributed by atoms with Crippen molar-refractivity contribution in [3.63, 3.8) is 0 Å². The Morgan fingerprint density at radius 1 is 1.50 bits per heavy atom. The average Bonchev–Trinajstić information content (AvgIpc) is 2.17. The predicted molar refractivity (Wildman–Crippen MR) is 53.1 cm³/mol. The van der Waals surface area contributed by atoms with Crippen LogP contribution in [0.25, 0.3) is 0 Å². The molecule has 1 aliphatic rings. The Kier molecular flexibility index (Phi) is 4.01. The van der Waals surface area contributed by atoms with E-state index >= 15 is 0 Å². The van der Waals surface area contributed by atoms with Crippen LogP contribution in [-0.2, 0) is 0 Å². The van der Waals surface area contributed by atoms with Gasteiger partial charge in [0, 0.05) is 25.2 Å². The van der Waals surface area contributed by atoms with Crippen LogP contribution in [0.5, 0.6) is 0 Å². The second kappa shape index (κ2) is 4.90. The maximum absolute atomic E-state index is 11.9. The van der Waals surface area contributed by atoms with Gasteiger partial charge in [-0.2, -0.15) is 13.2 Å². The van der Waals surface area contributed by atoms with Crippen molar-refractivity contribution < 1.29 is 18.0 Å². The molecule has 1 saturated heterocycles. The van der Waals surface area contributed by atoms with Crippen molar-refractivity contribution in [1.82, 2.24) is 15.5 Å². The zero-order chi connectivity index (χ0) is 12.3. The van der Waals surface area contributed by atoms with Crippen molar-refractivity contribution >= 4 is 6.03 Å². The fourth-order valence-corrected chi connectivity index (χ4v) is 1.58. The highest BCUT2D eigenvalue weighted by molar-refractivity contribution is 5.74. The Labute approximate surface area is 92.2 Å². The van der Waals surface area contributed by atoms with Crippen LogP contribution in [0.4, 0.5) is 18.0 Å². The third kappa shape index (κ3) is 3.88. The first kappa shape index (κ1) is 13.1. The molecule has 0 spiro atoms. The lowest BCUT2D eigenvalue weighted by molar-refractivity contribution is -0.123. The number of alkyl halides is 3. The molecule has 0 saturated carbocycles. The molecule has 0 aromatic carbocycles. The van der Waals surface area contributed by atoms with Gasteiger partial charge in [-0.05, 0) is 13.8 Å². The number of hydrogen-bond donors (Lipinski definition) is 2. The van der Waals surface area contributed by atoms with Crippen LogP contribution in [0.1, 0.15) is 13.8 Å². The molecular formula is C9H16F3N3O. The van der Waals surface area contributed by atoms with E-state index in [4.69, 9.17) is 0 Å². The van der Waals surface area contributed by atoms with Crippen LogP contribution in [0.15, 0.2) is 0 Å². The minimum Gasteiger partial charge on any atom is -0.329 e. The molecule has 2 unspecified atom stereocenters. The van der Waals surface area contributed by atoms with Crippen LogP contribution in [-0.4, -0.2) is 48.8 Å². The largest absolute Gasteiger partial charge is 0.405 e. The van der Waals surface area contributed by atoms with Gasteiger partial charge in [-0.3, -0.25) is 0 Å². The van der Waals surface area contributed by atoms with Gasteiger partial charge in [-0.15, -0.1) is 0 Å². The van der Waals surface area contributed by atoms with E-state index in [1.165, 1.54) is 4.90 Å². The minimum atomic E-state index is -4.36. The summed E-state index contributed by atoms with van der Waals surface area (Å²) in [7, 11) is 0. The Balaban J connectivity index is 2.46. The number of carbonyl (C=O) groups excluding carboxylic acids is 1. The van der Waals surface area contributed by atoms with E-state index in [2.05, 4.69) is 5.32 Å². The number of piperazine rings is 1. The van der Waals surface area contributed by atoms with Crippen molar-refractivity contribution in [2.24, 2.45) is 0 Å². The van der Waals surface area contributed by atoms with Crippen molar-refractivity contribution in [2.75, 3.05) is 19.6 Å². The first-order valence-corrected chi connectivity index (χ1v) is 5.14. The van der Waals surface area contributed by atoms with Gasteiger partial charge in [0.1, 0.15) is 6.54 Å². The molecule has 94 valence electrons. The first-order valence-electron chi connectivity index (χ1n) is 5.14. The average molecular weight is 239 g/mol. The number of amides is 2. The number of nitrogens with one attached hydrogen (secondary N) is 2. The topological polar surface area (TPSA) is 44.4 Å². The lowest BCUT2D eigenvalue weighted by atomic mass is 10.1. The number of carbonyl (C=O) groups is 1. The Bertz CT molecular complexity index is 257. The minimum absolute atomic E-state index is 0.0931. The molecule has 0 aromatic heterocycles. The summed E-state index contributed by atoms with van der Waals surface area (Å²) in [5.41, 5.74) is 0. The summed E-state index contributed by atoms with van der Waals surface area (Å²) >= 11 is 0. The molecule has 2 amide bonds. The van der Waals surface area contributed by atoms with Gasteiger partial charge in [0.2, 0.25) is 0 Å². The second-order valence-electron chi connectivity index (χ2n) is 4.08. The summed E-state index contributed by atoms with van der Waals surface area (Å²) in [6.07, 6.45) is -4.36. The van der Waals surface area contributed by atoms with Crippen molar-refractivity contribution in [1.29, 1.82) is 0 Å². The molecule has 1 heterocycles. The predicted octanol–water partition coefficient (Wildman–Crippen LogP) is 0.940. The zero-order valence-corrected chi connectivity index (χ0v) is 9.27. The fraction of sp³-hybridized carbons (Fsp3) is 0.889. The highest BCUT2D eigenvalue weighted by atomic mass is 19.4. The van der Waals surface area contributed by atoms with E-state index < -0.39 is 18.8 Å². The highest BCUT2D eigenvalue weighted by Gasteiger charge is 2.31. The number of halogens is 3. The normalized spacial score (nSPS) is 26.7. The van der Waals surface area contributed by atoms with Gasteiger partial charge >= 0.3 is 12.2 Å². The third-order valence-electron chi connectivity index (χ3n) is 2.47. The second-order valence-corrected chi connectivity index (χ2v) is 4.08. The molecule has 0 aliphatic carbocycles. The van der Waals surface area contributed by atoms with Gasteiger partial charge in [0.25, 0.3) is 0 Å². The van der Waals surface area contributed by atoms with E-state index in [1.807, 2.05) is 12.2 Å². The zero-order valence-electron chi connectivity index (χ0n) is 9.27. The summed E-state index contributed by atoms with van der Waals surface area (Å²) < 4.78 is 35.7. The Morgan fingerprint density at radius 3 is 2.69 bits per heavy atom. The van der Waals surface area contributed by atoms with E-state index in [9.17, 15) is 18.0 Å². The molecule has 0 radical (unpaired) electrons. The van der Waals surface area contributed by atoms with E-state index in [-0.39, 0.29) is 12.1 Å². The lowest BCUT2D eigenvalue weighted by Crippen LogP contribution is -2.59. The molecule has 0 bridgehead atoms. The standard InChI is InChI=1S/C9H16F3N3O/c1-6-4-15(7(2)3-13-6)8(16)14-5-9(10,11)12/h6-7,13H,3-5H2,1-2H3,(H,14,16). The summed E-state index contributed by atoms with van der Waals surface area (Å²) in [6, 6.07) is -0.643. The summed E-state index contributed by atoms with van der Waals surface area (Å²) in [4.78, 5) is 12.9. The molecular weight excluding hydrogens is 223 g/mol. The molecule has 1 fully saturated rings. The van der Waals surface area contributed by atoms with Crippen LogP contribution in [0.2, 0.25) is 0 Å². The first-order chi connectivity index (χ1) is 7.29. The van der Waals surface area contributed by atoms with Crippen LogP contribution in [0.3, 0.4) is 0 Å². The number of urea groups is 1. The van der Waals surface area contributed by atoms with Gasteiger partial charge in [0.05, 0.1) is 0 Å². The van der Waals surface area contributed by atoms with Gasteiger partial charge in [-0.25, -0.2) is 4.79 Å². The molecule has 0 aromatic rings. The van der Waals surface area contributed by atoms with Crippen molar-refractivity contribution in [3.8, 4) is 0 Å². The molecule has 7 heteroatoms. The van der Waals surface area contributed by atoms with E-state index in [0.717, 1.165) is 0 Å². The number of hydrogen-bond acceptors (Lipinski definition) is 2. The van der Waals surface area contributed by atoms with Crippen LogP contribution < -0.4 is 10.6 Å². The molecule has 2 atom stereocenters. The molecule has 1 aliphatic heterocycles. The van der Waals surface area contributed by atoms with Crippen LogP contribution in [0, 0.1) is 0 Å². The molecule has 1 rings (SSSR count). The van der Waals surface area contributed by atoms with Gasteiger partial charge in [0.15, 0.2) is 0 Å². The van der Waals surface area contributed by atoms with Crippen molar-refractivity contribution in [2.45, 2.75) is 32.1 Å². The smallest absolute Gasteiger partial charge is 0.329 e. The monoisotopic (exact) mass is 239 g/mol. The van der Waals surface area contributed by atoms with Crippen LogP contribution >= 0.6 is 0 Å². The summed E-state index contributed by atoms with van der Waals surface area (Å²) in [6.45, 7) is 3.42. The fourth-order valence-electron chi connectivity index (χ4n) is 1.58. The number of rotatable bonds is 1. The third-order valence-corrected chi connectivity index (χ3v) is 2.47. The summed E-state index contributed by atoms with van der Waals surface area (Å²) in [5, 5.41) is 5.02. The maximum atomic E-state index is 11.9. The van der Waals surface area contributed by atoms with E-state index in [0.29, 0.717) is 13.1 Å². The van der Waals surface area contributed by atoms with Gasteiger partial charge in [-0.1, -0.05) is 0 Å². The van der Waals surface area contributed by atoms with E-state index in [1.54, 1.807) is 6.92 Å². The Morgan fingerprint density at radius 2 is 2.12 bits per heavy atom. The van der Waals surface area contributed by atoms with Gasteiger partial charge < -0.3 is 15.5 Å². The Hall–Kier alpha value is -0.980. The molecule has 16 heavy (non-hydrogen) atoms. The molecule has 2 N–H and O–H groups in total. The summed E-state index contributed by atoms with van der Waals surface area (Å²) in [5.74, 6) is 0. The quantitative estimate of drug-likeness (QED) is 0.715. The maximum Gasteiger partial charge on any atom is 0.405 e. The highest BCUT2D eigenvalue weighted by Crippen LogP contribution is 2.13.